The first-order chi connectivity index (χ1) is 7.65. The van der Waals surface area contributed by atoms with Crippen LogP contribution in [0.3, 0.4) is 0 Å². The second-order valence-electron chi connectivity index (χ2n) is 3.59. The van der Waals surface area contributed by atoms with Gasteiger partial charge in [-0.15, -0.1) is 0 Å². The van der Waals surface area contributed by atoms with Crippen LogP contribution in [0.1, 0.15) is 18.1 Å². The van der Waals surface area contributed by atoms with E-state index >= 15 is 0 Å². The highest BCUT2D eigenvalue weighted by Crippen LogP contribution is 2.14. The van der Waals surface area contributed by atoms with Crippen molar-refractivity contribution in [3.8, 4) is 0 Å². The van der Waals surface area contributed by atoms with Gasteiger partial charge in [0.05, 0.1) is 12.3 Å². The number of nitrogen functional groups attached to an aromatic ring is 1. The molecule has 0 saturated heterocycles. The Balaban J connectivity index is 2.71. The van der Waals surface area contributed by atoms with Crippen molar-refractivity contribution < 1.29 is 9.57 Å². The summed E-state index contributed by atoms with van der Waals surface area (Å²) < 4.78 is 4.85. The number of oxime groups is 1. The lowest BCUT2D eigenvalue weighted by Gasteiger charge is -2.06. The van der Waals surface area contributed by atoms with Crippen molar-refractivity contribution in [2.75, 3.05) is 26.1 Å². The van der Waals surface area contributed by atoms with E-state index in [1.54, 1.807) is 7.11 Å². The summed E-state index contributed by atoms with van der Waals surface area (Å²) in [6.45, 7) is 4.86. The van der Waals surface area contributed by atoms with Crippen LogP contribution in [0.25, 0.3) is 0 Å². The van der Waals surface area contributed by atoms with E-state index < -0.39 is 0 Å². The van der Waals surface area contributed by atoms with Crippen molar-refractivity contribution >= 4 is 11.4 Å². The molecule has 0 aliphatic carbocycles. The molecule has 16 heavy (non-hydrogen) atoms. The van der Waals surface area contributed by atoms with E-state index in [1.165, 1.54) is 0 Å². The first-order valence-corrected chi connectivity index (χ1v) is 5.17. The van der Waals surface area contributed by atoms with E-state index in [-0.39, 0.29) is 0 Å². The lowest BCUT2D eigenvalue weighted by atomic mass is 10.1. The van der Waals surface area contributed by atoms with Crippen LogP contribution < -0.4 is 5.73 Å². The van der Waals surface area contributed by atoms with Gasteiger partial charge in [0.2, 0.25) is 0 Å². The molecule has 0 fully saturated rings. The van der Waals surface area contributed by atoms with Crippen LogP contribution in [-0.4, -0.2) is 26.0 Å². The number of hydrogen-bond donors (Lipinski definition) is 1. The fourth-order valence-corrected chi connectivity index (χ4v) is 1.30. The van der Waals surface area contributed by atoms with Gasteiger partial charge >= 0.3 is 0 Å². The maximum Gasteiger partial charge on any atom is 0.140 e. The number of benzene rings is 1. The van der Waals surface area contributed by atoms with Crippen molar-refractivity contribution in [1.29, 1.82) is 0 Å². The predicted molar refractivity (Wildman–Crippen MR) is 65.6 cm³/mol. The summed E-state index contributed by atoms with van der Waals surface area (Å²) in [5.74, 6) is 0. The van der Waals surface area contributed by atoms with Crippen LogP contribution in [0, 0.1) is 6.92 Å². The Hall–Kier alpha value is -1.55. The van der Waals surface area contributed by atoms with Crippen LogP contribution in [0.5, 0.6) is 0 Å². The minimum Gasteiger partial charge on any atom is -0.398 e. The zero-order valence-electron chi connectivity index (χ0n) is 9.99. The van der Waals surface area contributed by atoms with Crippen molar-refractivity contribution in [2.45, 2.75) is 13.8 Å². The van der Waals surface area contributed by atoms with Gasteiger partial charge in [0, 0.05) is 18.4 Å². The average Bonchev–Trinajstić information content (AvgIpc) is 2.27. The molecule has 4 nitrogen and oxygen atoms in total. The maximum atomic E-state index is 5.86. The summed E-state index contributed by atoms with van der Waals surface area (Å²) in [6, 6.07) is 5.84. The summed E-state index contributed by atoms with van der Waals surface area (Å²) in [5, 5.41) is 3.99. The third-order valence-electron chi connectivity index (χ3n) is 2.18. The number of nitrogens with zero attached hydrogens (tertiary/aromatic N) is 1. The summed E-state index contributed by atoms with van der Waals surface area (Å²) in [4.78, 5) is 5.09. The highest BCUT2D eigenvalue weighted by molar-refractivity contribution is 6.02. The van der Waals surface area contributed by atoms with Crippen LogP contribution in [0.4, 0.5) is 5.69 Å². The Morgan fingerprint density at radius 3 is 2.81 bits per heavy atom. The molecule has 1 aromatic carbocycles. The molecule has 2 N–H and O–H groups in total. The minimum absolute atomic E-state index is 0.444. The number of rotatable bonds is 5. The molecule has 0 saturated carbocycles. The highest BCUT2D eigenvalue weighted by atomic mass is 16.6. The van der Waals surface area contributed by atoms with Gasteiger partial charge in [-0.25, -0.2) is 0 Å². The van der Waals surface area contributed by atoms with Crippen LogP contribution in [-0.2, 0) is 9.57 Å². The Morgan fingerprint density at radius 1 is 1.38 bits per heavy atom. The second kappa shape index (κ2) is 6.12. The van der Waals surface area contributed by atoms with Gasteiger partial charge in [-0.2, -0.15) is 0 Å². The number of anilines is 1. The number of hydrogen-bond acceptors (Lipinski definition) is 4. The van der Waals surface area contributed by atoms with E-state index in [9.17, 15) is 0 Å². The number of nitrogens with two attached hydrogens (primary N) is 1. The molecule has 0 spiro atoms. The molecule has 0 aromatic heterocycles. The Bertz CT molecular complexity index is 375. The van der Waals surface area contributed by atoms with Crippen molar-refractivity contribution in [1.82, 2.24) is 0 Å². The molecular weight excluding hydrogens is 204 g/mol. The third kappa shape index (κ3) is 3.55. The highest BCUT2D eigenvalue weighted by Gasteiger charge is 2.03. The molecule has 88 valence electrons. The van der Waals surface area contributed by atoms with Gasteiger partial charge < -0.3 is 15.3 Å². The molecule has 0 amide bonds. The summed E-state index contributed by atoms with van der Waals surface area (Å²) in [7, 11) is 1.62. The van der Waals surface area contributed by atoms with Gasteiger partial charge in [-0.3, -0.25) is 0 Å². The Labute approximate surface area is 96.0 Å². The van der Waals surface area contributed by atoms with Gasteiger partial charge in [-0.1, -0.05) is 16.8 Å². The van der Waals surface area contributed by atoms with E-state index in [2.05, 4.69) is 5.16 Å². The Morgan fingerprint density at radius 2 is 2.12 bits per heavy atom. The molecule has 1 aromatic rings. The predicted octanol–water partition coefficient (Wildman–Crippen LogP) is 1.96. The Kier molecular flexibility index (Phi) is 4.79. The smallest absolute Gasteiger partial charge is 0.140 e. The quantitative estimate of drug-likeness (QED) is 0.358. The van der Waals surface area contributed by atoms with Gasteiger partial charge in [-0.05, 0) is 26.0 Å². The lowest BCUT2D eigenvalue weighted by molar-refractivity contribution is 0.0751. The van der Waals surface area contributed by atoms with Crippen molar-refractivity contribution in [2.24, 2.45) is 5.16 Å². The molecule has 0 atom stereocenters. The maximum absolute atomic E-state index is 5.86. The number of aryl methyl sites for hydroxylation is 1. The van der Waals surface area contributed by atoms with Crippen molar-refractivity contribution in [3.63, 3.8) is 0 Å². The molecule has 0 radical (unpaired) electrons. The minimum atomic E-state index is 0.444. The third-order valence-corrected chi connectivity index (χ3v) is 2.18. The number of methoxy groups -OCH3 is 1. The van der Waals surface area contributed by atoms with Gasteiger partial charge in [0.1, 0.15) is 6.61 Å². The lowest BCUT2D eigenvalue weighted by Crippen LogP contribution is -2.04. The van der Waals surface area contributed by atoms with E-state index in [0.717, 1.165) is 16.8 Å². The average molecular weight is 222 g/mol. The van der Waals surface area contributed by atoms with Gasteiger partial charge in [0.25, 0.3) is 0 Å². The topological polar surface area (TPSA) is 56.8 Å². The normalized spacial score (nSPS) is 11.6. The fraction of sp³-hybridized carbons (Fsp3) is 0.417. The van der Waals surface area contributed by atoms with Gasteiger partial charge in [0.15, 0.2) is 0 Å². The summed E-state index contributed by atoms with van der Waals surface area (Å²) in [5.41, 5.74) is 9.41. The second-order valence-corrected chi connectivity index (χ2v) is 3.59. The van der Waals surface area contributed by atoms with Crippen LogP contribution >= 0.6 is 0 Å². The zero-order chi connectivity index (χ0) is 12.0. The molecule has 0 heterocycles. The number of ether oxygens (including phenoxy) is 1. The standard InChI is InChI=1S/C12H18N2O2/c1-9-4-5-12(13)11(8-9)10(2)14-16-7-6-15-3/h4-5,8H,6-7,13H2,1-3H3/b14-10+. The fourth-order valence-electron chi connectivity index (χ4n) is 1.30. The summed E-state index contributed by atoms with van der Waals surface area (Å²) in [6.07, 6.45) is 0. The SMILES string of the molecule is COCCO/N=C(\C)c1cc(C)ccc1N. The first kappa shape index (κ1) is 12.5. The van der Waals surface area contributed by atoms with E-state index in [4.69, 9.17) is 15.3 Å². The molecule has 4 heteroatoms. The van der Waals surface area contributed by atoms with Crippen LogP contribution in [0.15, 0.2) is 23.4 Å². The molecule has 0 aliphatic rings. The largest absolute Gasteiger partial charge is 0.398 e. The molecule has 0 aliphatic heterocycles. The zero-order valence-corrected chi connectivity index (χ0v) is 9.99. The summed E-state index contributed by atoms with van der Waals surface area (Å²) >= 11 is 0. The monoisotopic (exact) mass is 222 g/mol. The van der Waals surface area contributed by atoms with Crippen LogP contribution in [0.2, 0.25) is 0 Å². The molecule has 1 rings (SSSR count). The molecule has 0 bridgehead atoms. The van der Waals surface area contributed by atoms with E-state index in [1.807, 2.05) is 32.0 Å². The van der Waals surface area contributed by atoms with E-state index in [0.29, 0.717) is 18.9 Å². The molecule has 0 unspecified atom stereocenters. The van der Waals surface area contributed by atoms with Crippen molar-refractivity contribution in [3.05, 3.63) is 29.3 Å². The first-order valence-electron chi connectivity index (χ1n) is 5.17. The molecular formula is C12H18N2O2.